The van der Waals surface area contributed by atoms with Crippen molar-refractivity contribution in [2.75, 3.05) is 0 Å². The van der Waals surface area contributed by atoms with E-state index in [0.717, 1.165) is 22.5 Å². The van der Waals surface area contributed by atoms with E-state index in [1.165, 1.54) is 11.1 Å². The number of aromatic nitrogens is 2. The molecular formula is C16H14Cl2N2. The number of fused-ring (bicyclic) bond motifs is 1. The van der Waals surface area contributed by atoms with Crippen LogP contribution in [0.5, 0.6) is 0 Å². The van der Waals surface area contributed by atoms with Gasteiger partial charge in [-0.15, -0.1) is 11.6 Å². The van der Waals surface area contributed by atoms with E-state index >= 15 is 0 Å². The molecule has 3 aromatic rings. The van der Waals surface area contributed by atoms with E-state index in [9.17, 15) is 0 Å². The molecule has 2 aromatic carbocycles. The van der Waals surface area contributed by atoms with Crippen molar-refractivity contribution in [3.05, 3.63) is 58.4 Å². The van der Waals surface area contributed by atoms with E-state index in [4.69, 9.17) is 23.2 Å². The number of hydrogen-bond acceptors (Lipinski definition) is 1. The Balaban J connectivity index is 2.33. The van der Waals surface area contributed by atoms with Gasteiger partial charge in [0.25, 0.3) is 0 Å². The highest BCUT2D eigenvalue weighted by molar-refractivity contribution is 6.31. The predicted molar refractivity (Wildman–Crippen MR) is 85.1 cm³/mol. The number of benzene rings is 2. The average molecular weight is 305 g/mol. The van der Waals surface area contributed by atoms with Gasteiger partial charge in [0.2, 0.25) is 0 Å². The van der Waals surface area contributed by atoms with Gasteiger partial charge in [0, 0.05) is 10.7 Å². The highest BCUT2D eigenvalue weighted by atomic mass is 35.5. The maximum absolute atomic E-state index is 6.06. The Kier molecular flexibility index (Phi) is 3.45. The van der Waals surface area contributed by atoms with Crippen molar-refractivity contribution in [3.63, 3.8) is 0 Å². The summed E-state index contributed by atoms with van der Waals surface area (Å²) in [6.45, 7) is 4.18. The van der Waals surface area contributed by atoms with Crippen molar-refractivity contribution in [2.45, 2.75) is 19.7 Å². The van der Waals surface area contributed by atoms with Gasteiger partial charge in [0.15, 0.2) is 0 Å². The van der Waals surface area contributed by atoms with Gasteiger partial charge in [-0.2, -0.15) is 0 Å². The van der Waals surface area contributed by atoms with Crippen LogP contribution in [0.1, 0.15) is 17.0 Å². The smallest absolute Gasteiger partial charge is 0.129 e. The van der Waals surface area contributed by atoms with E-state index in [0.29, 0.717) is 10.9 Å². The van der Waals surface area contributed by atoms with Crippen LogP contribution < -0.4 is 0 Å². The monoisotopic (exact) mass is 304 g/mol. The number of rotatable bonds is 2. The Morgan fingerprint density at radius 3 is 2.40 bits per heavy atom. The third kappa shape index (κ3) is 2.30. The summed E-state index contributed by atoms with van der Waals surface area (Å²) in [5.41, 5.74) is 5.41. The van der Waals surface area contributed by atoms with Crippen LogP contribution in [-0.2, 0) is 5.88 Å². The van der Waals surface area contributed by atoms with Crippen LogP contribution in [0.3, 0.4) is 0 Å². The second-order valence-electron chi connectivity index (χ2n) is 4.98. The zero-order chi connectivity index (χ0) is 14.3. The van der Waals surface area contributed by atoms with E-state index in [1.54, 1.807) is 0 Å². The first kappa shape index (κ1) is 13.5. The van der Waals surface area contributed by atoms with E-state index in [1.807, 2.05) is 18.2 Å². The lowest BCUT2D eigenvalue weighted by molar-refractivity contribution is 0.978. The minimum atomic E-state index is 0.360. The van der Waals surface area contributed by atoms with Gasteiger partial charge in [-0.3, -0.25) is 4.57 Å². The van der Waals surface area contributed by atoms with Crippen molar-refractivity contribution in [1.82, 2.24) is 9.55 Å². The molecule has 0 aliphatic rings. The molecule has 0 spiro atoms. The molecule has 2 nitrogen and oxygen atoms in total. The summed E-state index contributed by atoms with van der Waals surface area (Å²) >= 11 is 12.1. The molecule has 0 aliphatic carbocycles. The molecule has 0 bridgehead atoms. The van der Waals surface area contributed by atoms with Gasteiger partial charge in [-0.25, -0.2) is 4.98 Å². The lowest BCUT2D eigenvalue weighted by atomic mass is 10.1. The Morgan fingerprint density at radius 2 is 1.75 bits per heavy atom. The average Bonchev–Trinajstić information content (AvgIpc) is 2.74. The molecule has 0 saturated heterocycles. The summed E-state index contributed by atoms with van der Waals surface area (Å²) in [7, 11) is 0. The van der Waals surface area contributed by atoms with Crippen molar-refractivity contribution < 1.29 is 0 Å². The van der Waals surface area contributed by atoms with Gasteiger partial charge >= 0.3 is 0 Å². The van der Waals surface area contributed by atoms with Crippen LogP contribution in [0.2, 0.25) is 5.02 Å². The number of alkyl halides is 1. The first-order chi connectivity index (χ1) is 9.58. The molecule has 0 fully saturated rings. The van der Waals surface area contributed by atoms with Crippen molar-refractivity contribution in [3.8, 4) is 5.69 Å². The topological polar surface area (TPSA) is 17.8 Å². The fourth-order valence-corrected chi connectivity index (χ4v) is 2.91. The molecule has 4 heteroatoms. The largest absolute Gasteiger partial charge is 0.295 e. The van der Waals surface area contributed by atoms with Crippen molar-refractivity contribution >= 4 is 34.2 Å². The van der Waals surface area contributed by atoms with Crippen LogP contribution in [0.15, 0.2) is 36.4 Å². The fraction of sp³-hybridized carbons (Fsp3) is 0.188. The molecular weight excluding hydrogens is 291 g/mol. The zero-order valence-electron chi connectivity index (χ0n) is 11.3. The number of nitrogens with zero attached hydrogens (tertiary/aromatic N) is 2. The van der Waals surface area contributed by atoms with Crippen molar-refractivity contribution in [1.29, 1.82) is 0 Å². The SMILES string of the molecule is Cc1cc(C)cc(-n2c(CCl)nc3cc(Cl)ccc32)c1. The highest BCUT2D eigenvalue weighted by Gasteiger charge is 2.12. The zero-order valence-corrected chi connectivity index (χ0v) is 12.8. The van der Waals surface area contributed by atoms with Crippen LogP contribution >= 0.6 is 23.2 Å². The van der Waals surface area contributed by atoms with Crippen LogP contribution in [0.4, 0.5) is 0 Å². The second-order valence-corrected chi connectivity index (χ2v) is 5.68. The molecule has 20 heavy (non-hydrogen) atoms. The molecule has 0 unspecified atom stereocenters. The molecule has 0 saturated carbocycles. The lowest BCUT2D eigenvalue weighted by Gasteiger charge is -2.10. The van der Waals surface area contributed by atoms with Gasteiger partial charge < -0.3 is 0 Å². The Bertz CT molecular complexity index is 770. The summed E-state index contributed by atoms with van der Waals surface area (Å²) in [6.07, 6.45) is 0. The maximum atomic E-state index is 6.06. The van der Waals surface area contributed by atoms with E-state index in [-0.39, 0.29) is 0 Å². The fourth-order valence-electron chi connectivity index (χ4n) is 2.56. The van der Waals surface area contributed by atoms with Crippen LogP contribution in [-0.4, -0.2) is 9.55 Å². The second kappa shape index (κ2) is 5.12. The summed E-state index contributed by atoms with van der Waals surface area (Å²) in [5, 5.41) is 0.684. The molecule has 0 amide bonds. The molecule has 0 atom stereocenters. The van der Waals surface area contributed by atoms with Gasteiger partial charge in [0.05, 0.1) is 16.9 Å². The minimum absolute atomic E-state index is 0.360. The van der Waals surface area contributed by atoms with Crippen molar-refractivity contribution in [2.24, 2.45) is 0 Å². The number of halogens is 2. The van der Waals surface area contributed by atoms with E-state index < -0.39 is 0 Å². The first-order valence-corrected chi connectivity index (χ1v) is 7.31. The maximum Gasteiger partial charge on any atom is 0.129 e. The lowest BCUT2D eigenvalue weighted by Crippen LogP contribution is -2.00. The summed E-state index contributed by atoms with van der Waals surface area (Å²) in [5.74, 6) is 1.19. The summed E-state index contributed by atoms with van der Waals surface area (Å²) in [6, 6.07) is 12.2. The highest BCUT2D eigenvalue weighted by Crippen LogP contribution is 2.26. The molecule has 102 valence electrons. The standard InChI is InChI=1S/C16H14Cl2N2/c1-10-5-11(2)7-13(6-10)20-15-4-3-12(18)8-14(15)19-16(20)9-17/h3-8H,9H2,1-2H3. The Labute approximate surface area is 128 Å². The molecule has 0 N–H and O–H groups in total. The summed E-state index contributed by atoms with van der Waals surface area (Å²) in [4.78, 5) is 4.57. The Hall–Kier alpha value is -1.51. The van der Waals surface area contributed by atoms with Gasteiger partial charge in [-0.05, 0) is 55.3 Å². The third-order valence-corrected chi connectivity index (χ3v) is 3.74. The van der Waals surface area contributed by atoms with E-state index in [2.05, 4.69) is 41.6 Å². The molecule has 0 radical (unpaired) electrons. The molecule has 1 aromatic heterocycles. The number of hydrogen-bond donors (Lipinski definition) is 0. The minimum Gasteiger partial charge on any atom is -0.295 e. The Morgan fingerprint density at radius 1 is 1.05 bits per heavy atom. The molecule has 1 heterocycles. The molecule has 0 aliphatic heterocycles. The number of aryl methyl sites for hydroxylation is 2. The molecule has 3 rings (SSSR count). The van der Waals surface area contributed by atoms with Crippen LogP contribution in [0, 0.1) is 13.8 Å². The van der Waals surface area contributed by atoms with Gasteiger partial charge in [0.1, 0.15) is 5.82 Å². The van der Waals surface area contributed by atoms with Crippen LogP contribution in [0.25, 0.3) is 16.7 Å². The number of imidazole rings is 1. The first-order valence-electron chi connectivity index (χ1n) is 6.40. The summed E-state index contributed by atoms with van der Waals surface area (Å²) < 4.78 is 2.10. The van der Waals surface area contributed by atoms with Gasteiger partial charge in [-0.1, -0.05) is 17.7 Å². The quantitative estimate of drug-likeness (QED) is 0.607. The third-order valence-electron chi connectivity index (χ3n) is 3.27. The normalized spacial score (nSPS) is 11.2. The predicted octanol–water partition coefficient (Wildman–Crippen LogP) is 5.03.